The van der Waals surface area contributed by atoms with E-state index in [-0.39, 0.29) is 5.91 Å². The minimum absolute atomic E-state index is 0.265. The van der Waals surface area contributed by atoms with Crippen LogP contribution in [-0.4, -0.2) is 20.6 Å². The predicted molar refractivity (Wildman–Crippen MR) is 98.8 cm³/mol. The van der Waals surface area contributed by atoms with Crippen LogP contribution in [0.4, 0.5) is 11.4 Å². The molecule has 0 unspecified atom stereocenters. The van der Waals surface area contributed by atoms with E-state index in [1.54, 1.807) is 48.5 Å². The Bertz CT molecular complexity index is 875. The van der Waals surface area contributed by atoms with E-state index in [9.17, 15) is 13.2 Å². The first-order valence-electron chi connectivity index (χ1n) is 7.06. The van der Waals surface area contributed by atoms with Crippen molar-refractivity contribution in [1.29, 1.82) is 0 Å². The van der Waals surface area contributed by atoms with Crippen LogP contribution < -0.4 is 10.0 Å². The lowest BCUT2D eigenvalue weighted by atomic mass is 10.2. The lowest BCUT2D eigenvalue weighted by Crippen LogP contribution is -2.09. The van der Waals surface area contributed by atoms with E-state index >= 15 is 0 Å². The summed E-state index contributed by atoms with van der Waals surface area (Å²) in [5, 5.41) is 3.39. The number of hydrogen-bond donors (Lipinski definition) is 2. The third-order valence-electron chi connectivity index (χ3n) is 3.09. The average Bonchev–Trinajstić information content (AvgIpc) is 2.48. The number of hydrogen-bond acceptors (Lipinski definition) is 3. The summed E-state index contributed by atoms with van der Waals surface area (Å²) in [7, 11) is -3.30. The van der Waals surface area contributed by atoms with Crippen molar-refractivity contribution in [3.63, 3.8) is 0 Å². The Morgan fingerprint density at radius 3 is 2.38 bits per heavy atom. The minimum atomic E-state index is -3.30. The summed E-state index contributed by atoms with van der Waals surface area (Å²) in [5.41, 5.74) is 2.81. The third-order valence-corrected chi connectivity index (χ3v) is 3.93. The van der Waals surface area contributed by atoms with Crippen molar-refractivity contribution in [1.82, 2.24) is 0 Å². The van der Waals surface area contributed by atoms with Gasteiger partial charge in [-0.3, -0.25) is 9.52 Å². The van der Waals surface area contributed by atoms with E-state index in [1.165, 1.54) is 6.08 Å². The fourth-order valence-corrected chi connectivity index (χ4v) is 2.78. The van der Waals surface area contributed by atoms with Gasteiger partial charge in [0.05, 0.1) is 6.26 Å². The number of rotatable bonds is 5. The van der Waals surface area contributed by atoms with Crippen molar-refractivity contribution >= 4 is 45.0 Å². The predicted octanol–water partition coefficient (Wildman–Crippen LogP) is 3.67. The average molecular weight is 365 g/mol. The molecule has 0 aromatic heterocycles. The Kier molecular flexibility index (Phi) is 5.64. The Morgan fingerprint density at radius 2 is 1.79 bits per heavy atom. The molecule has 2 aromatic rings. The fourth-order valence-electron chi connectivity index (χ4n) is 1.99. The molecule has 24 heavy (non-hydrogen) atoms. The molecule has 126 valence electrons. The van der Waals surface area contributed by atoms with Crippen LogP contribution in [0.2, 0.25) is 5.02 Å². The molecule has 0 radical (unpaired) electrons. The standard InChI is InChI=1S/C17H17ClN2O3S/c1-12-11-14(18)6-9-16(12)19-17(21)10-5-13-3-7-15(8-4-13)20-24(2,22)23/h3-11,20H,1-2H3,(H,19,21)/b10-5+. The molecule has 7 heteroatoms. The maximum absolute atomic E-state index is 12.0. The molecule has 0 aliphatic carbocycles. The van der Waals surface area contributed by atoms with Crippen molar-refractivity contribution in [2.45, 2.75) is 6.92 Å². The highest BCUT2D eigenvalue weighted by molar-refractivity contribution is 7.92. The summed E-state index contributed by atoms with van der Waals surface area (Å²) in [6, 6.07) is 11.9. The number of aryl methyl sites for hydroxylation is 1. The summed E-state index contributed by atoms with van der Waals surface area (Å²) in [5.74, 6) is -0.265. The van der Waals surface area contributed by atoms with Crippen LogP contribution in [-0.2, 0) is 14.8 Å². The smallest absolute Gasteiger partial charge is 0.248 e. The number of carbonyl (C=O) groups excluding carboxylic acids is 1. The molecule has 2 N–H and O–H groups in total. The molecule has 0 heterocycles. The number of amides is 1. The van der Waals surface area contributed by atoms with Gasteiger partial charge in [0.25, 0.3) is 0 Å². The highest BCUT2D eigenvalue weighted by Gasteiger charge is 2.03. The molecular formula is C17H17ClN2O3S. The van der Waals surface area contributed by atoms with Gasteiger partial charge in [0.1, 0.15) is 0 Å². The second kappa shape index (κ2) is 7.51. The number of halogens is 1. The maximum Gasteiger partial charge on any atom is 0.248 e. The molecule has 0 atom stereocenters. The van der Waals surface area contributed by atoms with Crippen molar-refractivity contribution in [2.24, 2.45) is 0 Å². The summed E-state index contributed by atoms with van der Waals surface area (Å²) < 4.78 is 24.6. The first kappa shape index (κ1) is 18.0. The largest absolute Gasteiger partial charge is 0.322 e. The Balaban J connectivity index is 2.01. The summed E-state index contributed by atoms with van der Waals surface area (Å²) >= 11 is 5.88. The molecule has 2 rings (SSSR count). The fraction of sp³-hybridized carbons (Fsp3) is 0.118. The molecular weight excluding hydrogens is 348 g/mol. The Hall–Kier alpha value is -2.31. The van der Waals surface area contributed by atoms with Crippen molar-refractivity contribution in [3.05, 3.63) is 64.7 Å². The van der Waals surface area contributed by atoms with Crippen LogP contribution in [0.1, 0.15) is 11.1 Å². The minimum Gasteiger partial charge on any atom is -0.322 e. The molecule has 0 bridgehead atoms. The normalized spacial score (nSPS) is 11.5. The van der Waals surface area contributed by atoms with Crippen LogP contribution in [0.3, 0.4) is 0 Å². The first-order chi connectivity index (χ1) is 11.2. The molecule has 2 aromatic carbocycles. The highest BCUT2D eigenvalue weighted by Crippen LogP contribution is 2.19. The Morgan fingerprint density at radius 1 is 1.12 bits per heavy atom. The SMILES string of the molecule is Cc1cc(Cl)ccc1NC(=O)/C=C/c1ccc(NS(C)(=O)=O)cc1. The van der Waals surface area contributed by atoms with Gasteiger partial charge in [-0.15, -0.1) is 0 Å². The van der Waals surface area contributed by atoms with Gasteiger partial charge in [0.2, 0.25) is 15.9 Å². The molecule has 0 saturated heterocycles. The van der Waals surface area contributed by atoms with Crippen LogP contribution in [0, 0.1) is 6.92 Å². The molecule has 0 aliphatic rings. The summed E-state index contributed by atoms with van der Waals surface area (Å²) in [4.78, 5) is 12.0. The summed E-state index contributed by atoms with van der Waals surface area (Å²) in [6.07, 6.45) is 4.14. The van der Waals surface area contributed by atoms with E-state index in [1.807, 2.05) is 6.92 Å². The second-order valence-corrected chi connectivity index (χ2v) is 7.46. The van der Waals surface area contributed by atoms with Gasteiger partial charge in [0, 0.05) is 22.5 Å². The van der Waals surface area contributed by atoms with Gasteiger partial charge >= 0.3 is 0 Å². The molecule has 0 fully saturated rings. The van der Waals surface area contributed by atoms with E-state index in [4.69, 9.17) is 11.6 Å². The second-order valence-electron chi connectivity index (χ2n) is 5.28. The molecule has 5 nitrogen and oxygen atoms in total. The zero-order chi connectivity index (χ0) is 17.7. The van der Waals surface area contributed by atoms with Crippen LogP contribution in [0.25, 0.3) is 6.08 Å². The molecule has 1 amide bonds. The number of benzene rings is 2. The number of anilines is 2. The van der Waals surface area contributed by atoms with E-state index in [0.29, 0.717) is 16.4 Å². The lowest BCUT2D eigenvalue weighted by Gasteiger charge is -2.06. The van der Waals surface area contributed by atoms with Crippen LogP contribution in [0.15, 0.2) is 48.5 Å². The van der Waals surface area contributed by atoms with Gasteiger partial charge in [0.15, 0.2) is 0 Å². The van der Waals surface area contributed by atoms with Crippen LogP contribution >= 0.6 is 11.6 Å². The number of sulfonamides is 1. The molecule has 0 saturated carbocycles. The lowest BCUT2D eigenvalue weighted by molar-refractivity contribution is -0.111. The topological polar surface area (TPSA) is 75.3 Å². The van der Waals surface area contributed by atoms with E-state index in [2.05, 4.69) is 10.0 Å². The van der Waals surface area contributed by atoms with Gasteiger partial charge < -0.3 is 5.32 Å². The zero-order valence-electron chi connectivity index (χ0n) is 13.2. The zero-order valence-corrected chi connectivity index (χ0v) is 14.8. The first-order valence-corrected chi connectivity index (χ1v) is 9.33. The number of nitrogens with one attached hydrogen (secondary N) is 2. The van der Waals surface area contributed by atoms with Gasteiger partial charge in [-0.25, -0.2) is 8.42 Å². The highest BCUT2D eigenvalue weighted by atomic mass is 35.5. The Labute approximate surface area is 146 Å². The van der Waals surface area contributed by atoms with Crippen molar-refractivity contribution < 1.29 is 13.2 Å². The van der Waals surface area contributed by atoms with Gasteiger partial charge in [-0.2, -0.15) is 0 Å². The van der Waals surface area contributed by atoms with E-state index < -0.39 is 10.0 Å². The van der Waals surface area contributed by atoms with Gasteiger partial charge in [-0.1, -0.05) is 23.7 Å². The van der Waals surface area contributed by atoms with E-state index in [0.717, 1.165) is 17.4 Å². The quantitative estimate of drug-likeness (QED) is 0.795. The summed E-state index contributed by atoms with van der Waals surface area (Å²) in [6.45, 7) is 1.86. The molecule has 0 aliphatic heterocycles. The van der Waals surface area contributed by atoms with Crippen molar-refractivity contribution in [2.75, 3.05) is 16.3 Å². The molecule has 0 spiro atoms. The van der Waals surface area contributed by atoms with Crippen LogP contribution in [0.5, 0.6) is 0 Å². The van der Waals surface area contributed by atoms with Crippen molar-refractivity contribution in [3.8, 4) is 0 Å². The monoisotopic (exact) mass is 364 g/mol. The number of carbonyl (C=O) groups is 1. The maximum atomic E-state index is 12.0. The third kappa shape index (κ3) is 5.72. The van der Waals surface area contributed by atoms with Gasteiger partial charge in [-0.05, 0) is 54.5 Å².